The zero-order chi connectivity index (χ0) is 11.8. The van der Waals surface area contributed by atoms with Gasteiger partial charge in [-0.25, -0.2) is 0 Å². The van der Waals surface area contributed by atoms with Gasteiger partial charge in [-0.2, -0.15) is 0 Å². The molecular formula is C12H26N2O. The molecule has 0 radical (unpaired) electrons. The fourth-order valence-corrected chi connectivity index (χ4v) is 1.87. The van der Waals surface area contributed by atoms with Crippen LogP contribution in [-0.4, -0.2) is 48.9 Å². The van der Waals surface area contributed by atoms with Crippen LogP contribution in [0.25, 0.3) is 0 Å². The Kier molecular flexibility index (Phi) is 7.39. The summed E-state index contributed by atoms with van der Waals surface area (Å²) >= 11 is 0. The standard InChI is InChI=1S/C12H26N2O/c1-6-9-11(14(7-2)8-3)10-12(15)13(4)5/h11H,6-10H2,1-5H3. The molecule has 0 fully saturated rings. The lowest BCUT2D eigenvalue weighted by Crippen LogP contribution is -2.39. The molecule has 3 nitrogen and oxygen atoms in total. The lowest BCUT2D eigenvalue weighted by molar-refractivity contribution is -0.130. The highest BCUT2D eigenvalue weighted by Crippen LogP contribution is 2.11. The zero-order valence-electron chi connectivity index (χ0n) is 10.9. The van der Waals surface area contributed by atoms with Crippen LogP contribution < -0.4 is 0 Å². The summed E-state index contributed by atoms with van der Waals surface area (Å²) in [6.45, 7) is 8.55. The second-order valence-corrected chi connectivity index (χ2v) is 4.16. The quantitative estimate of drug-likeness (QED) is 0.647. The average molecular weight is 214 g/mol. The summed E-state index contributed by atoms with van der Waals surface area (Å²) in [4.78, 5) is 15.7. The highest BCUT2D eigenvalue weighted by molar-refractivity contribution is 5.76. The summed E-state index contributed by atoms with van der Waals surface area (Å²) in [5.74, 6) is 0.236. The van der Waals surface area contributed by atoms with Crippen molar-refractivity contribution in [1.29, 1.82) is 0 Å². The molecule has 0 aliphatic rings. The summed E-state index contributed by atoms with van der Waals surface area (Å²) in [5.41, 5.74) is 0. The second-order valence-electron chi connectivity index (χ2n) is 4.16. The lowest BCUT2D eigenvalue weighted by atomic mass is 10.1. The molecule has 0 heterocycles. The van der Waals surface area contributed by atoms with Crippen molar-refractivity contribution in [1.82, 2.24) is 9.80 Å². The molecular weight excluding hydrogens is 188 g/mol. The summed E-state index contributed by atoms with van der Waals surface area (Å²) in [6, 6.07) is 0.417. The van der Waals surface area contributed by atoms with Gasteiger partial charge in [0.25, 0.3) is 0 Å². The molecule has 0 aliphatic carbocycles. The third-order valence-corrected chi connectivity index (χ3v) is 2.86. The van der Waals surface area contributed by atoms with Crippen LogP contribution in [0.5, 0.6) is 0 Å². The lowest BCUT2D eigenvalue weighted by Gasteiger charge is -2.29. The van der Waals surface area contributed by atoms with Crippen molar-refractivity contribution < 1.29 is 4.79 Å². The van der Waals surface area contributed by atoms with Crippen LogP contribution >= 0.6 is 0 Å². The monoisotopic (exact) mass is 214 g/mol. The predicted octanol–water partition coefficient (Wildman–Crippen LogP) is 1.98. The third-order valence-electron chi connectivity index (χ3n) is 2.86. The van der Waals surface area contributed by atoms with Crippen molar-refractivity contribution in [3.05, 3.63) is 0 Å². The maximum absolute atomic E-state index is 11.7. The van der Waals surface area contributed by atoms with Crippen LogP contribution in [0.4, 0.5) is 0 Å². The van der Waals surface area contributed by atoms with Gasteiger partial charge in [0.1, 0.15) is 0 Å². The van der Waals surface area contributed by atoms with Gasteiger partial charge < -0.3 is 9.80 Å². The van der Waals surface area contributed by atoms with E-state index in [0.717, 1.165) is 25.9 Å². The normalized spacial score (nSPS) is 12.9. The molecule has 0 saturated heterocycles. The van der Waals surface area contributed by atoms with E-state index in [1.165, 1.54) is 0 Å². The molecule has 0 bridgehead atoms. The Balaban J connectivity index is 4.31. The fraction of sp³-hybridized carbons (Fsp3) is 0.917. The Morgan fingerprint density at radius 3 is 2.00 bits per heavy atom. The van der Waals surface area contributed by atoms with E-state index in [-0.39, 0.29) is 5.91 Å². The number of carbonyl (C=O) groups excluding carboxylic acids is 1. The molecule has 0 spiro atoms. The number of carbonyl (C=O) groups is 1. The van der Waals surface area contributed by atoms with Gasteiger partial charge in [-0.3, -0.25) is 4.79 Å². The fourth-order valence-electron chi connectivity index (χ4n) is 1.87. The molecule has 0 aromatic carbocycles. The predicted molar refractivity (Wildman–Crippen MR) is 64.9 cm³/mol. The highest BCUT2D eigenvalue weighted by atomic mass is 16.2. The van der Waals surface area contributed by atoms with E-state index < -0.39 is 0 Å². The molecule has 0 aliphatic heterocycles. The molecule has 1 unspecified atom stereocenters. The molecule has 3 heteroatoms. The maximum atomic E-state index is 11.7. The Morgan fingerprint density at radius 2 is 1.67 bits per heavy atom. The van der Waals surface area contributed by atoms with E-state index in [4.69, 9.17) is 0 Å². The first-order valence-electron chi connectivity index (χ1n) is 6.00. The molecule has 0 aromatic rings. The minimum Gasteiger partial charge on any atom is -0.349 e. The minimum atomic E-state index is 0.236. The van der Waals surface area contributed by atoms with Crippen LogP contribution in [0.2, 0.25) is 0 Å². The summed E-state index contributed by atoms with van der Waals surface area (Å²) in [5, 5.41) is 0. The van der Waals surface area contributed by atoms with E-state index in [1.54, 1.807) is 4.90 Å². The smallest absolute Gasteiger partial charge is 0.223 e. The second kappa shape index (κ2) is 7.69. The van der Waals surface area contributed by atoms with Gasteiger partial charge in [-0.05, 0) is 19.5 Å². The summed E-state index contributed by atoms with van der Waals surface area (Å²) in [6.07, 6.45) is 2.91. The van der Waals surface area contributed by atoms with Gasteiger partial charge in [0.2, 0.25) is 5.91 Å². The number of hydrogen-bond donors (Lipinski definition) is 0. The molecule has 90 valence electrons. The van der Waals surface area contributed by atoms with Gasteiger partial charge in [0.15, 0.2) is 0 Å². The topological polar surface area (TPSA) is 23.6 Å². The van der Waals surface area contributed by atoms with Gasteiger partial charge >= 0.3 is 0 Å². The number of hydrogen-bond acceptors (Lipinski definition) is 2. The molecule has 1 atom stereocenters. The number of nitrogens with zero attached hydrogens (tertiary/aromatic N) is 2. The van der Waals surface area contributed by atoms with Crippen molar-refractivity contribution in [3.63, 3.8) is 0 Å². The van der Waals surface area contributed by atoms with Crippen molar-refractivity contribution >= 4 is 5.91 Å². The molecule has 0 aromatic heterocycles. The largest absolute Gasteiger partial charge is 0.349 e. The van der Waals surface area contributed by atoms with Crippen molar-refractivity contribution in [2.75, 3.05) is 27.2 Å². The van der Waals surface area contributed by atoms with Crippen LogP contribution in [-0.2, 0) is 4.79 Å². The first-order chi connectivity index (χ1) is 7.06. The Labute approximate surface area is 94.4 Å². The van der Waals surface area contributed by atoms with Crippen molar-refractivity contribution in [3.8, 4) is 0 Å². The molecule has 15 heavy (non-hydrogen) atoms. The Hall–Kier alpha value is -0.570. The molecule has 0 rings (SSSR count). The molecule has 0 N–H and O–H groups in total. The minimum absolute atomic E-state index is 0.236. The molecule has 1 amide bonds. The average Bonchev–Trinajstić information content (AvgIpc) is 2.19. The third kappa shape index (κ3) is 5.17. The Morgan fingerprint density at radius 1 is 1.13 bits per heavy atom. The van der Waals surface area contributed by atoms with Gasteiger partial charge in [0.05, 0.1) is 0 Å². The highest BCUT2D eigenvalue weighted by Gasteiger charge is 2.19. The maximum Gasteiger partial charge on any atom is 0.223 e. The van der Waals surface area contributed by atoms with Gasteiger partial charge in [-0.15, -0.1) is 0 Å². The number of amides is 1. The van der Waals surface area contributed by atoms with Crippen LogP contribution in [0.15, 0.2) is 0 Å². The first-order valence-corrected chi connectivity index (χ1v) is 6.00. The number of rotatable bonds is 7. The summed E-state index contributed by atoms with van der Waals surface area (Å²) in [7, 11) is 3.65. The van der Waals surface area contributed by atoms with Crippen molar-refractivity contribution in [2.24, 2.45) is 0 Å². The van der Waals surface area contributed by atoms with E-state index in [0.29, 0.717) is 12.5 Å². The SMILES string of the molecule is CCCC(CC(=O)N(C)C)N(CC)CC. The van der Waals surface area contributed by atoms with Crippen LogP contribution in [0.1, 0.15) is 40.0 Å². The van der Waals surface area contributed by atoms with Crippen molar-refractivity contribution in [2.45, 2.75) is 46.1 Å². The Bertz CT molecular complexity index is 176. The van der Waals surface area contributed by atoms with E-state index >= 15 is 0 Å². The van der Waals surface area contributed by atoms with E-state index in [1.807, 2.05) is 14.1 Å². The van der Waals surface area contributed by atoms with Crippen LogP contribution in [0, 0.1) is 0 Å². The van der Waals surface area contributed by atoms with Gasteiger partial charge in [-0.1, -0.05) is 27.2 Å². The molecule has 0 saturated carbocycles. The summed E-state index contributed by atoms with van der Waals surface area (Å²) < 4.78 is 0. The zero-order valence-corrected chi connectivity index (χ0v) is 10.9. The van der Waals surface area contributed by atoms with E-state index in [2.05, 4.69) is 25.7 Å². The van der Waals surface area contributed by atoms with Crippen LogP contribution in [0.3, 0.4) is 0 Å². The van der Waals surface area contributed by atoms with Gasteiger partial charge in [0, 0.05) is 26.6 Å². The van der Waals surface area contributed by atoms with E-state index in [9.17, 15) is 4.79 Å². The first kappa shape index (κ1) is 14.4.